The first kappa shape index (κ1) is 22.3. The van der Waals surface area contributed by atoms with Crippen LogP contribution in [0.2, 0.25) is 0 Å². The van der Waals surface area contributed by atoms with Crippen LogP contribution in [0.25, 0.3) is 0 Å². The van der Waals surface area contributed by atoms with Crippen molar-refractivity contribution in [3.63, 3.8) is 0 Å². The molecule has 7 nitrogen and oxygen atoms in total. The van der Waals surface area contributed by atoms with Crippen molar-refractivity contribution in [2.45, 2.75) is 26.8 Å². The molecule has 2 heterocycles. The van der Waals surface area contributed by atoms with Gasteiger partial charge in [0.2, 0.25) is 12.7 Å². The van der Waals surface area contributed by atoms with E-state index in [0.717, 1.165) is 49.0 Å². The molecule has 2 aliphatic heterocycles. The van der Waals surface area contributed by atoms with Crippen LogP contribution in [0, 0.1) is 5.41 Å². The monoisotopic (exact) mass is 439 g/mol. The molecule has 2 aromatic rings. The van der Waals surface area contributed by atoms with Gasteiger partial charge in [0, 0.05) is 43.8 Å². The predicted octanol–water partition coefficient (Wildman–Crippen LogP) is 3.45. The molecular formula is C25H33N3O4. The first-order valence-electron chi connectivity index (χ1n) is 11.2. The maximum atomic E-state index is 12.6. The Morgan fingerprint density at radius 1 is 1.03 bits per heavy atom. The second-order valence-corrected chi connectivity index (χ2v) is 9.31. The Morgan fingerprint density at radius 3 is 2.38 bits per heavy atom. The molecule has 1 atom stereocenters. The minimum Gasteiger partial charge on any atom is -0.497 e. The van der Waals surface area contributed by atoms with E-state index in [2.05, 4.69) is 33.3 Å². The third-order valence-electron chi connectivity index (χ3n) is 6.11. The zero-order valence-electron chi connectivity index (χ0n) is 19.4. The number of ether oxygens (including phenoxy) is 3. The van der Waals surface area contributed by atoms with Crippen LogP contribution in [0.1, 0.15) is 32.4 Å². The number of methoxy groups -OCH3 is 1. The number of hydrogen-bond donors (Lipinski definition) is 1. The van der Waals surface area contributed by atoms with Gasteiger partial charge in [0.25, 0.3) is 0 Å². The summed E-state index contributed by atoms with van der Waals surface area (Å²) >= 11 is 0. The number of hydrogen-bond acceptors (Lipinski definition) is 6. The normalized spacial score (nSPS) is 17.2. The van der Waals surface area contributed by atoms with Gasteiger partial charge < -0.3 is 24.4 Å². The fraction of sp³-hybridized carbons (Fsp3) is 0.480. The van der Waals surface area contributed by atoms with Crippen molar-refractivity contribution < 1.29 is 19.0 Å². The van der Waals surface area contributed by atoms with Crippen LogP contribution in [-0.2, 0) is 4.79 Å². The highest BCUT2D eigenvalue weighted by atomic mass is 16.7. The van der Waals surface area contributed by atoms with E-state index in [-0.39, 0.29) is 18.7 Å². The number of nitrogens with one attached hydrogen (secondary N) is 1. The topological polar surface area (TPSA) is 63.3 Å². The van der Waals surface area contributed by atoms with Gasteiger partial charge in [-0.1, -0.05) is 26.8 Å². The Balaban J connectivity index is 1.48. The molecule has 1 unspecified atom stereocenters. The van der Waals surface area contributed by atoms with Gasteiger partial charge in [-0.2, -0.15) is 0 Å². The van der Waals surface area contributed by atoms with Crippen molar-refractivity contribution >= 4 is 11.6 Å². The number of carbonyl (C=O) groups excluding carboxylic acids is 1. The largest absolute Gasteiger partial charge is 0.497 e. The molecule has 0 bridgehead atoms. The van der Waals surface area contributed by atoms with Crippen molar-refractivity contribution in [2.24, 2.45) is 5.41 Å². The van der Waals surface area contributed by atoms with Gasteiger partial charge in [-0.15, -0.1) is 0 Å². The van der Waals surface area contributed by atoms with E-state index in [1.54, 1.807) is 7.11 Å². The average Bonchev–Trinajstić information content (AvgIpc) is 3.27. The number of nitrogens with zero attached hydrogens (tertiary/aromatic N) is 2. The highest BCUT2D eigenvalue weighted by molar-refractivity contribution is 5.81. The summed E-state index contributed by atoms with van der Waals surface area (Å²) in [5.41, 5.74) is 1.90. The summed E-state index contributed by atoms with van der Waals surface area (Å²) < 4.78 is 16.4. The minimum absolute atomic E-state index is 0.0557. The van der Waals surface area contributed by atoms with E-state index in [0.29, 0.717) is 6.54 Å². The van der Waals surface area contributed by atoms with E-state index >= 15 is 0 Å². The third kappa shape index (κ3) is 4.93. The highest BCUT2D eigenvalue weighted by Crippen LogP contribution is 2.36. The minimum atomic E-state index is -0.424. The number of amides is 1. The fourth-order valence-electron chi connectivity index (χ4n) is 4.12. The second kappa shape index (κ2) is 9.28. The Bertz CT molecular complexity index is 931. The van der Waals surface area contributed by atoms with Gasteiger partial charge >= 0.3 is 0 Å². The van der Waals surface area contributed by atoms with Crippen LogP contribution in [0.5, 0.6) is 17.2 Å². The van der Waals surface area contributed by atoms with Gasteiger partial charge in [-0.3, -0.25) is 9.69 Å². The lowest BCUT2D eigenvalue weighted by molar-refractivity contribution is -0.128. The molecule has 1 amide bonds. The maximum absolute atomic E-state index is 12.6. The summed E-state index contributed by atoms with van der Waals surface area (Å²) in [6.45, 7) is 10.2. The quantitative estimate of drug-likeness (QED) is 0.744. The Kier molecular flexibility index (Phi) is 6.46. The first-order chi connectivity index (χ1) is 15.3. The molecule has 0 aliphatic carbocycles. The zero-order chi connectivity index (χ0) is 22.7. The molecule has 1 fully saturated rings. The van der Waals surface area contributed by atoms with E-state index in [1.165, 1.54) is 5.69 Å². The van der Waals surface area contributed by atoms with E-state index in [9.17, 15) is 4.79 Å². The smallest absolute Gasteiger partial charge is 0.231 e. The second-order valence-electron chi connectivity index (χ2n) is 9.31. The van der Waals surface area contributed by atoms with Crippen LogP contribution in [0.3, 0.4) is 0 Å². The van der Waals surface area contributed by atoms with Crippen molar-refractivity contribution in [3.8, 4) is 17.2 Å². The van der Waals surface area contributed by atoms with Crippen molar-refractivity contribution in [2.75, 3.05) is 51.5 Å². The molecule has 2 aromatic carbocycles. The number of anilines is 1. The molecule has 0 saturated carbocycles. The summed E-state index contributed by atoms with van der Waals surface area (Å²) in [4.78, 5) is 17.4. The number of piperazine rings is 1. The molecule has 0 spiro atoms. The molecular weight excluding hydrogens is 406 g/mol. The predicted molar refractivity (Wildman–Crippen MR) is 125 cm³/mol. The molecule has 2 aliphatic rings. The Labute approximate surface area is 190 Å². The van der Waals surface area contributed by atoms with Crippen molar-refractivity contribution in [1.29, 1.82) is 0 Å². The van der Waals surface area contributed by atoms with Gasteiger partial charge in [0.1, 0.15) is 5.75 Å². The lowest BCUT2D eigenvalue weighted by atomic mass is 9.95. The number of benzene rings is 2. The Morgan fingerprint density at radius 2 is 1.72 bits per heavy atom. The van der Waals surface area contributed by atoms with Crippen LogP contribution in [0.4, 0.5) is 5.69 Å². The highest BCUT2D eigenvalue weighted by Gasteiger charge is 2.29. The van der Waals surface area contributed by atoms with E-state index in [4.69, 9.17) is 14.2 Å². The Hall–Kier alpha value is -2.93. The van der Waals surface area contributed by atoms with E-state index < -0.39 is 5.41 Å². The fourth-order valence-corrected chi connectivity index (χ4v) is 4.12. The lowest BCUT2D eigenvalue weighted by Gasteiger charge is -2.40. The molecule has 1 saturated heterocycles. The summed E-state index contributed by atoms with van der Waals surface area (Å²) in [5, 5.41) is 3.16. The first-order valence-corrected chi connectivity index (χ1v) is 11.2. The molecule has 0 radical (unpaired) electrons. The third-order valence-corrected chi connectivity index (χ3v) is 6.11. The van der Waals surface area contributed by atoms with Gasteiger partial charge in [-0.05, 0) is 42.0 Å². The summed E-state index contributed by atoms with van der Waals surface area (Å²) in [6.07, 6.45) is 0. The summed E-state index contributed by atoms with van der Waals surface area (Å²) in [7, 11) is 1.68. The number of fused-ring (bicyclic) bond motifs is 1. The SMILES string of the molecule is COc1ccc(N2CCN(C(CNC(=O)C(C)(C)C)c3ccc4c(c3)OCO4)CC2)cc1. The van der Waals surface area contributed by atoms with Crippen LogP contribution in [0.15, 0.2) is 42.5 Å². The number of rotatable bonds is 6. The molecule has 7 heteroatoms. The summed E-state index contributed by atoms with van der Waals surface area (Å²) in [5.74, 6) is 2.46. The van der Waals surface area contributed by atoms with Crippen LogP contribution in [-0.4, -0.2) is 57.4 Å². The van der Waals surface area contributed by atoms with Gasteiger partial charge in [0.15, 0.2) is 11.5 Å². The van der Waals surface area contributed by atoms with Crippen LogP contribution >= 0.6 is 0 Å². The maximum Gasteiger partial charge on any atom is 0.231 e. The molecule has 0 aromatic heterocycles. The zero-order valence-corrected chi connectivity index (χ0v) is 19.4. The van der Waals surface area contributed by atoms with E-state index in [1.807, 2.05) is 45.0 Å². The standard InChI is InChI=1S/C25H33N3O4/c1-25(2,3)24(29)26-16-21(18-5-10-22-23(15-18)32-17-31-22)28-13-11-27(12-14-28)19-6-8-20(30-4)9-7-19/h5-10,15,21H,11-14,16-17H2,1-4H3,(H,26,29). The average molecular weight is 440 g/mol. The molecule has 172 valence electrons. The molecule has 4 rings (SSSR count). The number of carbonyl (C=O) groups is 1. The lowest BCUT2D eigenvalue weighted by Crippen LogP contribution is -2.50. The molecule has 1 N–H and O–H groups in total. The van der Waals surface area contributed by atoms with Gasteiger partial charge in [-0.25, -0.2) is 0 Å². The summed E-state index contributed by atoms with van der Waals surface area (Å²) in [6, 6.07) is 14.4. The van der Waals surface area contributed by atoms with Crippen LogP contribution < -0.4 is 24.4 Å². The van der Waals surface area contributed by atoms with Crippen molar-refractivity contribution in [3.05, 3.63) is 48.0 Å². The van der Waals surface area contributed by atoms with Crippen molar-refractivity contribution in [1.82, 2.24) is 10.2 Å². The van der Waals surface area contributed by atoms with Gasteiger partial charge in [0.05, 0.1) is 13.2 Å². The molecule has 32 heavy (non-hydrogen) atoms.